The van der Waals surface area contributed by atoms with Crippen LogP contribution in [-0.2, 0) is 9.84 Å². The highest BCUT2D eigenvalue weighted by atomic mass is 79.9. The Balaban J connectivity index is 2.63. The lowest BCUT2D eigenvalue weighted by Gasteiger charge is -2.23. The molecule has 0 aliphatic carbocycles. The lowest BCUT2D eigenvalue weighted by molar-refractivity contribution is 0.355. The third kappa shape index (κ3) is 2.94. The van der Waals surface area contributed by atoms with Crippen molar-refractivity contribution >= 4 is 25.8 Å². The molecule has 3 atom stereocenters. The molecule has 2 nitrogen and oxygen atoms in total. The second-order valence-electron chi connectivity index (χ2n) is 3.91. The van der Waals surface area contributed by atoms with Gasteiger partial charge in [0.1, 0.15) is 0 Å². The van der Waals surface area contributed by atoms with E-state index in [1.54, 1.807) is 0 Å². The largest absolute Gasteiger partial charge is 0.229 e. The lowest BCUT2D eigenvalue weighted by Crippen LogP contribution is -2.22. The highest BCUT2D eigenvalue weighted by Crippen LogP contribution is 2.32. The van der Waals surface area contributed by atoms with E-state index in [-0.39, 0.29) is 0 Å². The van der Waals surface area contributed by atoms with Gasteiger partial charge < -0.3 is 0 Å². The van der Waals surface area contributed by atoms with Crippen LogP contribution in [-0.4, -0.2) is 24.8 Å². The maximum atomic E-state index is 11.3. The molecule has 1 saturated heterocycles. The summed E-state index contributed by atoms with van der Waals surface area (Å²) in [5.74, 6) is 1.69. The summed E-state index contributed by atoms with van der Waals surface area (Å²) in [6.07, 6.45) is 1.92. The molecule has 0 radical (unpaired) electrons. The highest BCUT2D eigenvalue weighted by Gasteiger charge is 2.34. The van der Waals surface area contributed by atoms with Crippen molar-refractivity contribution in [2.24, 2.45) is 11.8 Å². The molecule has 0 saturated carbocycles. The van der Waals surface area contributed by atoms with Crippen LogP contribution in [0.25, 0.3) is 0 Å². The third-order valence-electron chi connectivity index (χ3n) is 2.93. The fourth-order valence-corrected chi connectivity index (χ4v) is 4.89. The SMILES string of the molecule is CCC(C(C)Br)C1CCS(=O)(=O)C1. The van der Waals surface area contributed by atoms with Crippen LogP contribution in [0.4, 0.5) is 0 Å². The first kappa shape index (κ1) is 11.5. The van der Waals surface area contributed by atoms with Crippen LogP contribution >= 0.6 is 15.9 Å². The van der Waals surface area contributed by atoms with Gasteiger partial charge in [0, 0.05) is 4.83 Å². The van der Waals surface area contributed by atoms with Gasteiger partial charge in [-0.1, -0.05) is 36.2 Å². The molecule has 0 aromatic rings. The molecule has 1 aliphatic heterocycles. The summed E-state index contributed by atoms with van der Waals surface area (Å²) in [7, 11) is -2.70. The van der Waals surface area contributed by atoms with Crippen molar-refractivity contribution < 1.29 is 8.42 Å². The number of alkyl halides is 1. The number of rotatable bonds is 3. The van der Waals surface area contributed by atoms with Crippen molar-refractivity contribution in [1.29, 1.82) is 0 Å². The van der Waals surface area contributed by atoms with Gasteiger partial charge in [-0.15, -0.1) is 0 Å². The predicted molar refractivity (Wildman–Crippen MR) is 58.9 cm³/mol. The number of hydrogen-bond donors (Lipinski definition) is 0. The standard InChI is InChI=1S/C9H17BrO2S/c1-3-9(7(2)10)8-4-5-13(11,12)6-8/h7-9H,3-6H2,1-2H3. The average Bonchev–Trinajstić information content (AvgIpc) is 2.31. The Labute approximate surface area is 89.1 Å². The van der Waals surface area contributed by atoms with Crippen LogP contribution in [0.2, 0.25) is 0 Å². The van der Waals surface area contributed by atoms with E-state index in [4.69, 9.17) is 0 Å². The van der Waals surface area contributed by atoms with E-state index in [1.165, 1.54) is 0 Å². The fourth-order valence-electron chi connectivity index (χ4n) is 2.19. The molecule has 1 fully saturated rings. The molecule has 0 amide bonds. The molecule has 0 bridgehead atoms. The van der Waals surface area contributed by atoms with Crippen LogP contribution in [0.3, 0.4) is 0 Å². The maximum absolute atomic E-state index is 11.3. The van der Waals surface area contributed by atoms with Gasteiger partial charge >= 0.3 is 0 Å². The Hall–Kier alpha value is 0.430. The van der Waals surface area contributed by atoms with Crippen molar-refractivity contribution in [1.82, 2.24) is 0 Å². The van der Waals surface area contributed by atoms with Crippen LogP contribution in [0, 0.1) is 11.8 Å². The first-order valence-electron chi connectivity index (χ1n) is 4.80. The summed E-state index contributed by atoms with van der Waals surface area (Å²) < 4.78 is 22.5. The molecule has 3 unspecified atom stereocenters. The lowest BCUT2D eigenvalue weighted by atomic mass is 9.87. The zero-order valence-corrected chi connectivity index (χ0v) is 10.6. The summed E-state index contributed by atoms with van der Waals surface area (Å²) in [4.78, 5) is 0.427. The van der Waals surface area contributed by atoms with Gasteiger partial charge in [0.2, 0.25) is 0 Å². The van der Waals surface area contributed by atoms with E-state index in [9.17, 15) is 8.42 Å². The average molecular weight is 269 g/mol. The summed E-state index contributed by atoms with van der Waals surface area (Å²) in [6.45, 7) is 4.24. The van der Waals surface area contributed by atoms with Crippen molar-refractivity contribution in [2.75, 3.05) is 11.5 Å². The summed E-state index contributed by atoms with van der Waals surface area (Å²) in [5.41, 5.74) is 0. The Bertz CT molecular complexity index is 259. The van der Waals surface area contributed by atoms with E-state index >= 15 is 0 Å². The zero-order chi connectivity index (χ0) is 10.1. The minimum atomic E-state index is -2.70. The minimum Gasteiger partial charge on any atom is -0.229 e. The molecular formula is C9H17BrO2S. The maximum Gasteiger partial charge on any atom is 0.150 e. The third-order valence-corrected chi connectivity index (χ3v) is 5.41. The fraction of sp³-hybridized carbons (Fsp3) is 1.00. The van der Waals surface area contributed by atoms with Crippen molar-refractivity contribution in [3.05, 3.63) is 0 Å². The van der Waals surface area contributed by atoms with Crippen LogP contribution in [0.5, 0.6) is 0 Å². The van der Waals surface area contributed by atoms with E-state index in [1.807, 2.05) is 0 Å². The minimum absolute atomic E-state index is 0.379. The van der Waals surface area contributed by atoms with E-state index in [2.05, 4.69) is 29.8 Å². The monoisotopic (exact) mass is 268 g/mol. The second kappa shape index (κ2) is 4.30. The Morgan fingerprint density at radius 1 is 1.54 bits per heavy atom. The molecular weight excluding hydrogens is 252 g/mol. The smallest absolute Gasteiger partial charge is 0.150 e. The van der Waals surface area contributed by atoms with Crippen LogP contribution in [0.1, 0.15) is 26.7 Å². The summed E-state index contributed by atoms with van der Waals surface area (Å²) in [6, 6.07) is 0. The molecule has 1 aliphatic rings. The normalized spacial score (nSPS) is 31.5. The predicted octanol–water partition coefficient (Wildman–Crippen LogP) is 2.23. The Morgan fingerprint density at radius 2 is 2.15 bits per heavy atom. The quantitative estimate of drug-likeness (QED) is 0.736. The van der Waals surface area contributed by atoms with E-state index in [0.717, 1.165) is 12.8 Å². The molecule has 0 aromatic carbocycles. The molecule has 13 heavy (non-hydrogen) atoms. The molecule has 0 spiro atoms. The Kier molecular flexibility index (Phi) is 3.81. The van der Waals surface area contributed by atoms with Gasteiger partial charge in [-0.05, 0) is 18.3 Å². The molecule has 0 N–H and O–H groups in total. The van der Waals surface area contributed by atoms with Gasteiger partial charge in [0.25, 0.3) is 0 Å². The summed E-state index contributed by atoms with van der Waals surface area (Å²) >= 11 is 3.55. The van der Waals surface area contributed by atoms with Crippen LogP contribution < -0.4 is 0 Å². The van der Waals surface area contributed by atoms with Gasteiger partial charge in [0.05, 0.1) is 11.5 Å². The van der Waals surface area contributed by atoms with Crippen molar-refractivity contribution in [3.8, 4) is 0 Å². The molecule has 1 rings (SSSR count). The summed E-state index contributed by atoms with van der Waals surface area (Å²) in [5, 5.41) is 0. The molecule has 4 heteroatoms. The topological polar surface area (TPSA) is 34.1 Å². The zero-order valence-electron chi connectivity index (χ0n) is 8.16. The van der Waals surface area contributed by atoms with Crippen molar-refractivity contribution in [3.63, 3.8) is 0 Å². The highest BCUT2D eigenvalue weighted by molar-refractivity contribution is 9.09. The van der Waals surface area contributed by atoms with E-state index in [0.29, 0.717) is 28.2 Å². The molecule has 78 valence electrons. The van der Waals surface area contributed by atoms with Gasteiger partial charge in [0.15, 0.2) is 9.84 Å². The van der Waals surface area contributed by atoms with Crippen LogP contribution in [0.15, 0.2) is 0 Å². The second-order valence-corrected chi connectivity index (χ2v) is 7.59. The van der Waals surface area contributed by atoms with Gasteiger partial charge in [-0.25, -0.2) is 8.42 Å². The first-order valence-corrected chi connectivity index (χ1v) is 7.54. The van der Waals surface area contributed by atoms with E-state index < -0.39 is 9.84 Å². The molecule has 1 heterocycles. The number of hydrogen-bond acceptors (Lipinski definition) is 2. The molecule has 0 aromatic heterocycles. The number of sulfone groups is 1. The van der Waals surface area contributed by atoms with Gasteiger partial charge in [-0.3, -0.25) is 0 Å². The van der Waals surface area contributed by atoms with Gasteiger partial charge in [-0.2, -0.15) is 0 Å². The number of halogens is 1. The first-order chi connectivity index (χ1) is 5.96. The van der Waals surface area contributed by atoms with Crippen molar-refractivity contribution in [2.45, 2.75) is 31.5 Å². The Morgan fingerprint density at radius 3 is 2.46 bits per heavy atom.